The lowest BCUT2D eigenvalue weighted by Gasteiger charge is -2.14. The molecular weight excluding hydrogens is 432 g/mol. The average molecular weight is 460 g/mol. The molecule has 0 radical (unpaired) electrons. The second-order valence-corrected chi connectivity index (χ2v) is 8.06. The van der Waals surface area contributed by atoms with Gasteiger partial charge in [0.2, 0.25) is 5.91 Å². The van der Waals surface area contributed by atoms with E-state index in [-0.39, 0.29) is 18.0 Å². The van der Waals surface area contributed by atoms with Gasteiger partial charge in [0.15, 0.2) is 0 Å². The Hall–Kier alpha value is -3.98. The highest BCUT2D eigenvalue weighted by Gasteiger charge is 2.16. The molecule has 34 heavy (non-hydrogen) atoms. The van der Waals surface area contributed by atoms with Gasteiger partial charge in [-0.1, -0.05) is 61.9 Å². The molecule has 0 atom stereocenters. The number of allylic oxidation sites excluding steroid dienone is 1. The summed E-state index contributed by atoms with van der Waals surface area (Å²) < 4.78 is 27.1. The van der Waals surface area contributed by atoms with Gasteiger partial charge in [-0.15, -0.1) is 0 Å². The van der Waals surface area contributed by atoms with Gasteiger partial charge < -0.3 is 11.1 Å². The molecule has 3 aromatic carbocycles. The van der Waals surface area contributed by atoms with Gasteiger partial charge >= 0.3 is 0 Å². The molecule has 4 nitrogen and oxygen atoms in total. The molecular formula is C28H27F2N3O. The van der Waals surface area contributed by atoms with Crippen molar-refractivity contribution in [3.8, 4) is 17.2 Å². The minimum absolute atomic E-state index is 0.0701. The van der Waals surface area contributed by atoms with Crippen LogP contribution in [-0.4, -0.2) is 5.91 Å². The lowest BCUT2D eigenvalue weighted by Crippen LogP contribution is -2.28. The number of unbranched alkanes of at least 4 members (excludes halogenated alkanes) is 1. The summed E-state index contributed by atoms with van der Waals surface area (Å²) >= 11 is 0. The zero-order valence-electron chi connectivity index (χ0n) is 19.1. The van der Waals surface area contributed by atoms with Crippen LogP contribution in [-0.2, 0) is 17.8 Å². The number of benzene rings is 3. The number of amides is 1. The van der Waals surface area contributed by atoms with E-state index in [9.17, 15) is 18.8 Å². The molecule has 0 aliphatic heterocycles. The third kappa shape index (κ3) is 6.29. The van der Waals surface area contributed by atoms with E-state index in [2.05, 4.69) is 11.4 Å². The molecule has 0 aliphatic rings. The highest BCUT2D eigenvalue weighted by molar-refractivity contribution is 5.94. The number of halogens is 2. The van der Waals surface area contributed by atoms with Gasteiger partial charge in [-0.05, 0) is 41.7 Å². The number of carbonyl (C=O) groups is 1. The van der Waals surface area contributed by atoms with Crippen LogP contribution >= 0.6 is 0 Å². The van der Waals surface area contributed by atoms with Gasteiger partial charge in [0.1, 0.15) is 11.6 Å². The maximum absolute atomic E-state index is 14.0. The van der Waals surface area contributed by atoms with Crippen LogP contribution in [0.2, 0.25) is 0 Å². The fourth-order valence-corrected chi connectivity index (χ4v) is 3.64. The van der Waals surface area contributed by atoms with Crippen molar-refractivity contribution in [3.63, 3.8) is 0 Å². The van der Waals surface area contributed by atoms with E-state index < -0.39 is 11.6 Å². The van der Waals surface area contributed by atoms with Crippen LogP contribution in [0.5, 0.6) is 0 Å². The predicted molar refractivity (Wildman–Crippen MR) is 129 cm³/mol. The Labute approximate surface area is 198 Å². The largest absolute Gasteiger partial charge is 0.402 e. The highest BCUT2D eigenvalue weighted by Crippen LogP contribution is 2.24. The van der Waals surface area contributed by atoms with Crippen molar-refractivity contribution in [2.45, 2.75) is 39.2 Å². The van der Waals surface area contributed by atoms with Gasteiger partial charge in [0.05, 0.1) is 11.6 Å². The molecule has 0 aliphatic carbocycles. The SMILES string of the molecule is CCCC/C(N)=C(\Cc1ccc(-c2ccccc2C#N)cc1)C(=O)NCc1ccc(F)cc1F. The first-order valence-corrected chi connectivity index (χ1v) is 11.2. The molecule has 0 heterocycles. The van der Waals surface area contributed by atoms with E-state index in [1.54, 1.807) is 6.07 Å². The summed E-state index contributed by atoms with van der Waals surface area (Å²) in [6.45, 7) is 1.97. The summed E-state index contributed by atoms with van der Waals surface area (Å²) in [6.07, 6.45) is 2.67. The Balaban J connectivity index is 1.79. The van der Waals surface area contributed by atoms with Crippen molar-refractivity contribution in [1.29, 1.82) is 5.26 Å². The molecule has 0 unspecified atom stereocenters. The summed E-state index contributed by atoms with van der Waals surface area (Å²) in [7, 11) is 0. The number of nitrogens with two attached hydrogens (primary N) is 1. The van der Waals surface area contributed by atoms with E-state index in [1.165, 1.54) is 6.07 Å². The third-order valence-corrected chi connectivity index (χ3v) is 5.61. The van der Waals surface area contributed by atoms with Crippen molar-refractivity contribution < 1.29 is 13.6 Å². The average Bonchev–Trinajstić information content (AvgIpc) is 2.85. The van der Waals surface area contributed by atoms with Crippen LogP contribution in [0.3, 0.4) is 0 Å². The Bertz CT molecular complexity index is 1230. The monoisotopic (exact) mass is 459 g/mol. The second-order valence-electron chi connectivity index (χ2n) is 8.06. The molecule has 3 N–H and O–H groups in total. The van der Waals surface area contributed by atoms with Crippen molar-refractivity contribution in [3.05, 3.63) is 106 Å². The molecule has 0 bridgehead atoms. The number of hydrogen-bond acceptors (Lipinski definition) is 3. The zero-order chi connectivity index (χ0) is 24.5. The van der Waals surface area contributed by atoms with Gasteiger partial charge in [0.25, 0.3) is 0 Å². The fourth-order valence-electron chi connectivity index (χ4n) is 3.64. The van der Waals surface area contributed by atoms with Gasteiger partial charge in [-0.25, -0.2) is 8.78 Å². The van der Waals surface area contributed by atoms with Crippen molar-refractivity contribution in [2.24, 2.45) is 5.73 Å². The topological polar surface area (TPSA) is 78.9 Å². The second kappa shape index (κ2) is 11.8. The molecule has 0 saturated carbocycles. The minimum atomic E-state index is -0.710. The number of hydrogen-bond donors (Lipinski definition) is 2. The van der Waals surface area contributed by atoms with Crippen molar-refractivity contribution >= 4 is 5.91 Å². The molecule has 0 fully saturated rings. The van der Waals surface area contributed by atoms with Crippen LogP contribution in [0.25, 0.3) is 11.1 Å². The maximum atomic E-state index is 14.0. The molecule has 0 saturated heterocycles. The quantitative estimate of drug-likeness (QED) is 0.399. The van der Waals surface area contributed by atoms with Crippen LogP contribution in [0.4, 0.5) is 8.78 Å². The number of nitrogens with zero attached hydrogens (tertiary/aromatic N) is 1. The maximum Gasteiger partial charge on any atom is 0.249 e. The van der Waals surface area contributed by atoms with Crippen molar-refractivity contribution in [1.82, 2.24) is 5.32 Å². The number of nitriles is 1. The molecule has 3 aromatic rings. The van der Waals surface area contributed by atoms with Crippen LogP contribution < -0.4 is 11.1 Å². The first-order chi connectivity index (χ1) is 16.4. The van der Waals surface area contributed by atoms with Crippen LogP contribution in [0.15, 0.2) is 78.0 Å². The number of nitrogens with one attached hydrogen (secondary N) is 1. The lowest BCUT2D eigenvalue weighted by molar-refractivity contribution is -0.117. The molecule has 3 rings (SSSR count). The summed E-state index contributed by atoms with van der Waals surface area (Å²) in [4.78, 5) is 13.0. The summed E-state index contributed by atoms with van der Waals surface area (Å²) in [5, 5.41) is 12.1. The van der Waals surface area contributed by atoms with Crippen molar-refractivity contribution in [2.75, 3.05) is 0 Å². The van der Waals surface area contributed by atoms with E-state index in [4.69, 9.17) is 5.73 Å². The summed E-state index contributed by atoms with van der Waals surface area (Å²) in [5.74, 6) is -1.76. The summed E-state index contributed by atoms with van der Waals surface area (Å²) in [6, 6.07) is 20.5. The minimum Gasteiger partial charge on any atom is -0.402 e. The zero-order valence-corrected chi connectivity index (χ0v) is 19.1. The molecule has 0 aromatic heterocycles. The Morgan fingerprint density at radius 2 is 1.79 bits per heavy atom. The van der Waals surface area contributed by atoms with E-state index >= 15 is 0 Å². The number of carbonyl (C=O) groups excluding carboxylic acids is 1. The van der Waals surface area contributed by atoms with E-state index in [0.717, 1.165) is 41.7 Å². The Morgan fingerprint density at radius 1 is 1.06 bits per heavy atom. The van der Waals surface area contributed by atoms with E-state index in [0.29, 0.717) is 29.7 Å². The molecule has 6 heteroatoms. The van der Waals surface area contributed by atoms with Gasteiger partial charge in [-0.3, -0.25) is 4.79 Å². The first kappa shape index (κ1) is 24.7. The fraction of sp³-hybridized carbons (Fsp3) is 0.214. The first-order valence-electron chi connectivity index (χ1n) is 11.2. The lowest BCUT2D eigenvalue weighted by atomic mass is 9.96. The van der Waals surface area contributed by atoms with Gasteiger partial charge in [0, 0.05) is 35.9 Å². The third-order valence-electron chi connectivity index (χ3n) is 5.61. The Morgan fingerprint density at radius 3 is 2.47 bits per heavy atom. The van der Waals surface area contributed by atoms with E-state index in [1.807, 2.05) is 49.4 Å². The van der Waals surface area contributed by atoms with Crippen LogP contribution in [0, 0.1) is 23.0 Å². The molecule has 0 spiro atoms. The summed E-state index contributed by atoms with van der Waals surface area (Å²) in [5.41, 5.74) is 10.6. The normalized spacial score (nSPS) is 11.5. The molecule has 1 amide bonds. The molecule has 174 valence electrons. The smallest absolute Gasteiger partial charge is 0.249 e. The predicted octanol–water partition coefficient (Wildman–Crippen LogP) is 5.77. The highest BCUT2D eigenvalue weighted by atomic mass is 19.1. The standard InChI is InChI=1S/C28H27F2N3O/c1-2-3-8-27(32)25(28(34)33-18-22-13-14-23(29)16-26(22)30)15-19-9-11-20(12-10-19)24-7-5-4-6-21(24)17-31/h4-7,9-14,16H,2-3,8,15,18,32H2,1H3,(H,33,34)/b27-25-. The number of rotatable bonds is 9. The Kier molecular flexibility index (Phi) is 8.53. The van der Waals surface area contributed by atoms with Gasteiger partial charge in [-0.2, -0.15) is 5.26 Å². The van der Waals surface area contributed by atoms with Crippen LogP contribution in [0.1, 0.15) is 42.9 Å².